The van der Waals surface area contributed by atoms with Gasteiger partial charge in [0.2, 0.25) is 0 Å². The van der Waals surface area contributed by atoms with Gasteiger partial charge in [0.05, 0.1) is 5.82 Å². The summed E-state index contributed by atoms with van der Waals surface area (Å²) in [5, 5.41) is 3.27. The molecule has 2 saturated heterocycles. The summed E-state index contributed by atoms with van der Waals surface area (Å²) in [4.78, 5) is 4.79. The molecular formula is C10H19N3. The van der Waals surface area contributed by atoms with Crippen molar-refractivity contribution in [2.75, 3.05) is 39.8 Å². The molecule has 0 aromatic heterocycles. The van der Waals surface area contributed by atoms with E-state index in [-0.39, 0.29) is 0 Å². The van der Waals surface area contributed by atoms with Crippen LogP contribution in [0.4, 0.5) is 0 Å². The molecule has 0 bridgehead atoms. The van der Waals surface area contributed by atoms with E-state index < -0.39 is 0 Å². The predicted molar refractivity (Wildman–Crippen MR) is 54.3 cm³/mol. The van der Waals surface area contributed by atoms with E-state index in [1.165, 1.54) is 26.1 Å². The fourth-order valence-electron chi connectivity index (χ4n) is 2.27. The molecule has 74 valence electrons. The van der Waals surface area contributed by atoms with Crippen LogP contribution in [0.25, 0.3) is 0 Å². The molecule has 3 heteroatoms. The van der Waals surface area contributed by atoms with E-state index >= 15 is 0 Å². The Kier molecular flexibility index (Phi) is 2.44. The van der Waals surface area contributed by atoms with Crippen molar-refractivity contribution >= 4 is 0 Å². The van der Waals surface area contributed by atoms with Crippen molar-refractivity contribution < 1.29 is 0 Å². The van der Waals surface area contributed by atoms with Gasteiger partial charge >= 0.3 is 0 Å². The molecule has 1 N–H and O–H groups in total. The van der Waals surface area contributed by atoms with Crippen LogP contribution in [0.2, 0.25) is 0 Å². The Labute approximate surface area is 80.4 Å². The first-order valence-corrected chi connectivity index (χ1v) is 5.12. The molecule has 0 aromatic rings. The van der Waals surface area contributed by atoms with E-state index in [1.54, 1.807) is 0 Å². The number of likely N-dealkylation sites (tertiary alicyclic amines) is 1. The van der Waals surface area contributed by atoms with Crippen molar-refractivity contribution in [2.24, 2.45) is 5.92 Å². The van der Waals surface area contributed by atoms with E-state index in [2.05, 4.69) is 28.7 Å². The Hall–Kier alpha value is -0.700. The summed E-state index contributed by atoms with van der Waals surface area (Å²) < 4.78 is 0. The molecule has 0 spiro atoms. The maximum atomic E-state index is 4.00. The summed E-state index contributed by atoms with van der Waals surface area (Å²) >= 11 is 0. The molecule has 0 aromatic carbocycles. The van der Waals surface area contributed by atoms with Gasteiger partial charge in [0.25, 0.3) is 0 Å². The third kappa shape index (κ3) is 1.97. The molecule has 2 fully saturated rings. The molecule has 0 radical (unpaired) electrons. The zero-order valence-corrected chi connectivity index (χ0v) is 8.42. The number of nitrogens with zero attached hydrogens (tertiary/aromatic N) is 2. The topological polar surface area (TPSA) is 18.5 Å². The lowest BCUT2D eigenvalue weighted by atomic mass is 10.1. The minimum Gasteiger partial charge on any atom is -0.370 e. The number of rotatable bonds is 2. The quantitative estimate of drug-likeness (QED) is 0.661. The molecule has 2 rings (SSSR count). The lowest BCUT2D eigenvalue weighted by molar-refractivity contribution is 0.311. The van der Waals surface area contributed by atoms with Crippen LogP contribution in [-0.2, 0) is 0 Å². The van der Waals surface area contributed by atoms with Crippen molar-refractivity contribution in [1.29, 1.82) is 0 Å². The Morgan fingerprint density at radius 1 is 1.54 bits per heavy atom. The highest BCUT2D eigenvalue weighted by atomic mass is 15.3. The fraction of sp³-hybridized carbons (Fsp3) is 0.800. The first-order chi connectivity index (χ1) is 6.25. The standard InChI is InChI=1S/C10H19N3/c1-9-11-4-6-13(9)8-10-3-5-12(2)7-10/h10-11H,1,3-8H2,2H3. The minimum absolute atomic E-state index is 0.849. The molecule has 3 nitrogen and oxygen atoms in total. The van der Waals surface area contributed by atoms with Gasteiger partial charge in [-0.25, -0.2) is 0 Å². The SMILES string of the molecule is C=C1NCCN1CC1CCN(C)C1. The lowest BCUT2D eigenvalue weighted by Gasteiger charge is -2.21. The van der Waals surface area contributed by atoms with Crippen molar-refractivity contribution in [2.45, 2.75) is 6.42 Å². The van der Waals surface area contributed by atoms with Crippen LogP contribution in [0.15, 0.2) is 12.4 Å². The molecule has 0 saturated carbocycles. The lowest BCUT2D eigenvalue weighted by Crippen LogP contribution is -2.28. The van der Waals surface area contributed by atoms with Crippen molar-refractivity contribution in [3.8, 4) is 0 Å². The molecule has 0 amide bonds. The van der Waals surface area contributed by atoms with Crippen molar-refractivity contribution in [1.82, 2.24) is 15.1 Å². The number of nitrogens with one attached hydrogen (secondary N) is 1. The number of hydrogen-bond acceptors (Lipinski definition) is 3. The molecule has 1 atom stereocenters. The van der Waals surface area contributed by atoms with Crippen molar-refractivity contribution in [3.05, 3.63) is 12.4 Å². The van der Waals surface area contributed by atoms with Gasteiger partial charge in [0.1, 0.15) is 0 Å². The zero-order valence-electron chi connectivity index (χ0n) is 8.42. The fourth-order valence-corrected chi connectivity index (χ4v) is 2.27. The highest BCUT2D eigenvalue weighted by Gasteiger charge is 2.24. The summed E-state index contributed by atoms with van der Waals surface area (Å²) in [7, 11) is 2.21. The summed E-state index contributed by atoms with van der Waals surface area (Å²) in [5.74, 6) is 1.97. The van der Waals surface area contributed by atoms with Crippen LogP contribution in [0.3, 0.4) is 0 Å². The average Bonchev–Trinajstić information content (AvgIpc) is 2.64. The first kappa shape index (κ1) is 8.88. The second-order valence-electron chi connectivity index (χ2n) is 4.24. The van der Waals surface area contributed by atoms with E-state index in [4.69, 9.17) is 0 Å². The largest absolute Gasteiger partial charge is 0.370 e. The monoisotopic (exact) mass is 181 g/mol. The molecule has 2 aliphatic rings. The van der Waals surface area contributed by atoms with E-state index in [9.17, 15) is 0 Å². The van der Waals surface area contributed by atoms with E-state index in [1.807, 2.05) is 0 Å². The zero-order chi connectivity index (χ0) is 9.26. The second kappa shape index (κ2) is 3.58. The average molecular weight is 181 g/mol. The van der Waals surface area contributed by atoms with Gasteiger partial charge in [-0.2, -0.15) is 0 Å². The third-order valence-electron chi connectivity index (χ3n) is 3.06. The van der Waals surface area contributed by atoms with Crippen LogP contribution in [0, 0.1) is 5.92 Å². The van der Waals surface area contributed by atoms with E-state index in [0.717, 1.165) is 24.8 Å². The van der Waals surface area contributed by atoms with Gasteiger partial charge in [-0.1, -0.05) is 6.58 Å². The smallest absolute Gasteiger partial charge is 0.0940 e. The molecule has 2 aliphatic heterocycles. The van der Waals surface area contributed by atoms with Gasteiger partial charge in [-0.15, -0.1) is 0 Å². The summed E-state index contributed by atoms with van der Waals surface area (Å²) in [6, 6.07) is 0. The predicted octanol–water partition coefficient (Wildman–Crippen LogP) is 0.315. The van der Waals surface area contributed by atoms with Gasteiger partial charge < -0.3 is 15.1 Å². The Morgan fingerprint density at radius 3 is 2.92 bits per heavy atom. The van der Waals surface area contributed by atoms with Crippen LogP contribution in [0.1, 0.15) is 6.42 Å². The molecule has 2 heterocycles. The van der Waals surface area contributed by atoms with E-state index in [0.29, 0.717) is 0 Å². The number of hydrogen-bond donors (Lipinski definition) is 1. The summed E-state index contributed by atoms with van der Waals surface area (Å²) in [6.45, 7) is 9.91. The van der Waals surface area contributed by atoms with Gasteiger partial charge in [-0.05, 0) is 25.9 Å². The maximum absolute atomic E-state index is 4.00. The first-order valence-electron chi connectivity index (χ1n) is 5.12. The Morgan fingerprint density at radius 2 is 2.38 bits per heavy atom. The molecular weight excluding hydrogens is 162 g/mol. The molecule has 13 heavy (non-hydrogen) atoms. The van der Waals surface area contributed by atoms with Gasteiger partial charge in [0.15, 0.2) is 0 Å². The minimum atomic E-state index is 0.849. The highest BCUT2D eigenvalue weighted by Crippen LogP contribution is 2.18. The molecule has 1 unspecified atom stereocenters. The highest BCUT2D eigenvalue weighted by molar-refractivity contribution is 4.98. The van der Waals surface area contributed by atoms with Crippen LogP contribution >= 0.6 is 0 Å². The van der Waals surface area contributed by atoms with Crippen LogP contribution < -0.4 is 5.32 Å². The van der Waals surface area contributed by atoms with Crippen molar-refractivity contribution in [3.63, 3.8) is 0 Å². The van der Waals surface area contributed by atoms with Gasteiger partial charge in [-0.3, -0.25) is 0 Å². The Bertz CT molecular complexity index is 202. The molecule has 0 aliphatic carbocycles. The summed E-state index contributed by atoms with van der Waals surface area (Å²) in [6.07, 6.45) is 1.35. The third-order valence-corrected chi connectivity index (χ3v) is 3.06. The Balaban J connectivity index is 1.81. The van der Waals surface area contributed by atoms with Gasteiger partial charge in [0, 0.05) is 26.2 Å². The van der Waals surface area contributed by atoms with Crippen LogP contribution in [0.5, 0.6) is 0 Å². The maximum Gasteiger partial charge on any atom is 0.0940 e. The second-order valence-corrected chi connectivity index (χ2v) is 4.24. The normalized spacial score (nSPS) is 29.8. The summed E-state index contributed by atoms with van der Waals surface area (Å²) in [5.41, 5.74) is 0. The van der Waals surface area contributed by atoms with Crippen LogP contribution in [-0.4, -0.2) is 49.6 Å².